The van der Waals surface area contributed by atoms with Crippen molar-refractivity contribution in [1.82, 2.24) is 4.40 Å². The van der Waals surface area contributed by atoms with Crippen molar-refractivity contribution in [3.63, 3.8) is 0 Å². The van der Waals surface area contributed by atoms with E-state index in [9.17, 15) is 4.79 Å². The third-order valence-corrected chi connectivity index (χ3v) is 12.4. The molecule has 0 amide bonds. The van der Waals surface area contributed by atoms with Gasteiger partial charge in [-0.25, -0.2) is 0 Å². The monoisotopic (exact) mass is 693 g/mol. The minimum absolute atomic E-state index is 0.000779. The van der Waals surface area contributed by atoms with Crippen LogP contribution in [0.25, 0.3) is 114 Å². The maximum absolute atomic E-state index is 13.3. The van der Waals surface area contributed by atoms with E-state index in [0.717, 1.165) is 11.1 Å². The molecule has 3 nitrogen and oxygen atoms in total. The largest absolute Gasteiger partial charge is 0.456 e. The zero-order valence-corrected chi connectivity index (χ0v) is 29.1. The van der Waals surface area contributed by atoms with Gasteiger partial charge in [0, 0.05) is 41.7 Å². The summed E-state index contributed by atoms with van der Waals surface area (Å²) in [6.07, 6.45) is 0. The van der Waals surface area contributed by atoms with E-state index in [1.165, 1.54) is 80.5 Å². The van der Waals surface area contributed by atoms with Crippen LogP contribution in [0.4, 0.5) is 0 Å². The van der Waals surface area contributed by atoms with Gasteiger partial charge in [0.25, 0.3) is 0 Å². The Kier molecular flexibility index (Phi) is 5.80. The molecule has 0 saturated heterocycles. The Morgan fingerprint density at radius 3 is 1.75 bits per heavy atom. The molecule has 0 aliphatic carbocycles. The molecule has 8 aromatic carbocycles. The number of rotatable bonds is 3. The first-order valence-corrected chi connectivity index (χ1v) is 18.7. The Morgan fingerprint density at radius 2 is 0.943 bits per heavy atom. The van der Waals surface area contributed by atoms with Crippen LogP contribution in [0, 0.1) is 0 Å². The summed E-state index contributed by atoms with van der Waals surface area (Å²) >= 11 is 1.83. The second kappa shape index (κ2) is 10.6. The van der Waals surface area contributed by atoms with Crippen LogP contribution in [0.5, 0.6) is 0 Å². The lowest BCUT2D eigenvalue weighted by atomic mass is 9.96. The van der Waals surface area contributed by atoms with Crippen LogP contribution < -0.4 is 5.43 Å². The predicted molar refractivity (Wildman–Crippen MR) is 224 cm³/mol. The van der Waals surface area contributed by atoms with E-state index in [1.807, 2.05) is 53.8 Å². The zero-order chi connectivity index (χ0) is 34.8. The first-order valence-electron chi connectivity index (χ1n) is 17.9. The smallest absolute Gasteiger partial charge is 0.200 e. The van der Waals surface area contributed by atoms with Crippen molar-refractivity contribution in [3.05, 3.63) is 174 Å². The molecular weight excluding hydrogens is 667 g/mol. The molecule has 0 unspecified atom stereocenters. The molecule has 0 aliphatic rings. The molecule has 12 aromatic rings. The average molecular weight is 694 g/mol. The third kappa shape index (κ3) is 4.01. The molecule has 4 heterocycles. The van der Waals surface area contributed by atoms with Gasteiger partial charge < -0.3 is 8.82 Å². The van der Waals surface area contributed by atoms with Gasteiger partial charge in [-0.15, -0.1) is 11.3 Å². The topological polar surface area (TPSA) is 34.6 Å². The summed E-state index contributed by atoms with van der Waals surface area (Å²) in [5.41, 5.74) is 12.0. The Bertz CT molecular complexity index is 3550. The van der Waals surface area contributed by atoms with Crippen LogP contribution in [0.15, 0.2) is 173 Å². The van der Waals surface area contributed by atoms with Gasteiger partial charge in [-0.1, -0.05) is 121 Å². The van der Waals surface area contributed by atoms with Crippen LogP contribution in [0.2, 0.25) is 0 Å². The second-order valence-corrected chi connectivity index (χ2v) is 15.0. The summed E-state index contributed by atoms with van der Waals surface area (Å²) in [5.74, 6) is 0. The minimum atomic E-state index is 0.000779. The van der Waals surface area contributed by atoms with Crippen molar-refractivity contribution >= 4 is 91.5 Å². The molecule has 0 bridgehead atoms. The molecule has 12 rings (SSSR count). The lowest BCUT2D eigenvalue weighted by Crippen LogP contribution is -2.01. The molecule has 0 aliphatic heterocycles. The SMILES string of the molecule is O=c1c2ccccc2oc2cc(-c3cccc4c3sc3c(-c5cccc(-c6ccc7c8cccc9c%10ccccc%10n(c7c6)c98)c5)cccc34)ccc12. The van der Waals surface area contributed by atoms with Gasteiger partial charge in [-0.3, -0.25) is 4.79 Å². The van der Waals surface area contributed by atoms with Crippen LogP contribution in [-0.2, 0) is 0 Å². The highest BCUT2D eigenvalue weighted by Gasteiger charge is 2.19. The van der Waals surface area contributed by atoms with Crippen molar-refractivity contribution < 1.29 is 4.42 Å². The minimum Gasteiger partial charge on any atom is -0.456 e. The summed E-state index contributed by atoms with van der Waals surface area (Å²) < 4.78 is 11.2. The van der Waals surface area contributed by atoms with Crippen molar-refractivity contribution in [2.24, 2.45) is 0 Å². The summed E-state index contributed by atoms with van der Waals surface area (Å²) in [6, 6.07) is 57.9. The number of thiophene rings is 1. The molecule has 246 valence electrons. The van der Waals surface area contributed by atoms with E-state index in [0.29, 0.717) is 21.9 Å². The fraction of sp³-hybridized carbons (Fsp3) is 0. The van der Waals surface area contributed by atoms with Crippen LogP contribution in [0.3, 0.4) is 0 Å². The number of fused-ring (bicyclic) bond motifs is 11. The first kappa shape index (κ1) is 28.9. The number of para-hydroxylation sites is 3. The molecule has 4 aromatic heterocycles. The van der Waals surface area contributed by atoms with Crippen LogP contribution in [-0.4, -0.2) is 4.40 Å². The van der Waals surface area contributed by atoms with E-state index in [1.54, 1.807) is 0 Å². The fourth-order valence-corrected chi connectivity index (χ4v) is 10.1. The third-order valence-electron chi connectivity index (χ3n) is 11.1. The van der Waals surface area contributed by atoms with E-state index < -0.39 is 0 Å². The molecule has 0 atom stereocenters. The number of hydrogen-bond acceptors (Lipinski definition) is 3. The summed E-state index contributed by atoms with van der Waals surface area (Å²) in [7, 11) is 0. The lowest BCUT2D eigenvalue weighted by Gasteiger charge is -2.08. The zero-order valence-electron chi connectivity index (χ0n) is 28.3. The lowest BCUT2D eigenvalue weighted by molar-refractivity contribution is 0.660. The molecule has 0 saturated carbocycles. The van der Waals surface area contributed by atoms with Gasteiger partial charge in [0.15, 0.2) is 0 Å². The Labute approximate surface area is 306 Å². The van der Waals surface area contributed by atoms with E-state index in [2.05, 4.69) is 126 Å². The average Bonchev–Trinajstić information content (AvgIpc) is 3.88. The van der Waals surface area contributed by atoms with Crippen LogP contribution >= 0.6 is 11.3 Å². The van der Waals surface area contributed by atoms with Crippen molar-refractivity contribution in [2.75, 3.05) is 0 Å². The number of nitrogens with zero attached hydrogens (tertiary/aromatic N) is 1. The van der Waals surface area contributed by atoms with E-state index >= 15 is 0 Å². The molecule has 0 N–H and O–H groups in total. The maximum Gasteiger partial charge on any atom is 0.200 e. The Morgan fingerprint density at radius 1 is 0.396 bits per heavy atom. The predicted octanol–water partition coefficient (Wildman–Crippen LogP) is 13.5. The van der Waals surface area contributed by atoms with Gasteiger partial charge in [-0.05, 0) is 75.8 Å². The summed E-state index contributed by atoms with van der Waals surface area (Å²) in [4.78, 5) is 13.3. The Hall–Kier alpha value is -6.75. The highest BCUT2D eigenvalue weighted by Crippen LogP contribution is 2.45. The summed E-state index contributed by atoms with van der Waals surface area (Å²) in [6.45, 7) is 0. The van der Waals surface area contributed by atoms with Crippen LogP contribution in [0.1, 0.15) is 0 Å². The normalized spacial score (nSPS) is 12.2. The van der Waals surface area contributed by atoms with Crippen molar-refractivity contribution in [3.8, 4) is 33.4 Å². The Balaban J connectivity index is 1.01. The quantitative estimate of drug-likeness (QED) is 0.173. The maximum atomic E-state index is 13.3. The molecule has 0 spiro atoms. The van der Waals surface area contributed by atoms with Gasteiger partial charge >= 0.3 is 0 Å². The summed E-state index contributed by atoms with van der Waals surface area (Å²) in [5, 5.41) is 8.85. The van der Waals surface area contributed by atoms with Gasteiger partial charge in [0.2, 0.25) is 5.43 Å². The number of hydrogen-bond donors (Lipinski definition) is 0. The molecule has 0 radical (unpaired) electrons. The van der Waals surface area contributed by atoms with Crippen molar-refractivity contribution in [2.45, 2.75) is 0 Å². The second-order valence-electron chi connectivity index (χ2n) is 14.0. The van der Waals surface area contributed by atoms with E-state index in [4.69, 9.17) is 4.42 Å². The standard InChI is InChI=1S/C49H27NO2S/c51-47-40-12-2-4-20-44(40)52-45-27-31(22-24-41(45)47)33-14-7-18-39-38-17-6-13-32(48(38)53-49(33)39)30-10-5-9-28(25-30)29-21-23-35-37-16-8-15-36-34-11-1-3-19-42(34)50(46(36)37)43(35)26-29/h1-27H. The molecular formula is C49H27NO2S. The highest BCUT2D eigenvalue weighted by molar-refractivity contribution is 7.26. The van der Waals surface area contributed by atoms with Crippen molar-refractivity contribution in [1.29, 1.82) is 0 Å². The molecule has 0 fully saturated rings. The number of aromatic nitrogens is 1. The van der Waals surface area contributed by atoms with Gasteiger partial charge in [0.05, 0.1) is 27.3 Å². The van der Waals surface area contributed by atoms with Gasteiger partial charge in [0.1, 0.15) is 11.2 Å². The first-order chi connectivity index (χ1) is 26.2. The van der Waals surface area contributed by atoms with Gasteiger partial charge in [-0.2, -0.15) is 0 Å². The highest BCUT2D eigenvalue weighted by atomic mass is 32.1. The van der Waals surface area contributed by atoms with E-state index in [-0.39, 0.29) is 5.43 Å². The number of benzene rings is 8. The fourth-order valence-electron chi connectivity index (χ4n) is 8.72. The molecule has 4 heteroatoms. The molecule has 53 heavy (non-hydrogen) atoms.